The lowest BCUT2D eigenvalue weighted by Gasteiger charge is -2.07. The van der Waals surface area contributed by atoms with Gasteiger partial charge in [-0.1, -0.05) is 24.3 Å². The van der Waals surface area contributed by atoms with Gasteiger partial charge >= 0.3 is 0 Å². The zero-order valence-electron chi connectivity index (χ0n) is 6.97. The highest BCUT2D eigenvalue weighted by atomic mass is 19.1. The van der Waals surface area contributed by atoms with E-state index in [-0.39, 0.29) is 0 Å². The van der Waals surface area contributed by atoms with Crippen molar-refractivity contribution in [1.29, 1.82) is 0 Å². The molecule has 60 valence electrons. The SMILES string of the molecule is CC1=C(C(C)F)CC=CC=C1. The third-order valence-corrected chi connectivity index (χ3v) is 1.92. The number of hydrogen-bond donors (Lipinski definition) is 0. The molecule has 1 unspecified atom stereocenters. The molecule has 0 aromatic heterocycles. The van der Waals surface area contributed by atoms with Gasteiger partial charge in [-0.15, -0.1) is 0 Å². The minimum atomic E-state index is -0.817. The van der Waals surface area contributed by atoms with Gasteiger partial charge in [0.15, 0.2) is 0 Å². The average Bonchev–Trinajstić information content (AvgIpc) is 2.13. The molecule has 0 fully saturated rings. The molecule has 0 saturated carbocycles. The fourth-order valence-electron chi connectivity index (χ4n) is 1.22. The molecule has 0 bridgehead atoms. The lowest BCUT2D eigenvalue weighted by Crippen LogP contribution is -1.99. The highest BCUT2D eigenvalue weighted by Crippen LogP contribution is 2.19. The molecular formula is C10H13F. The second kappa shape index (κ2) is 3.51. The Hall–Kier alpha value is -0.850. The summed E-state index contributed by atoms with van der Waals surface area (Å²) in [5.41, 5.74) is 1.96. The van der Waals surface area contributed by atoms with Crippen LogP contribution in [-0.2, 0) is 0 Å². The van der Waals surface area contributed by atoms with E-state index in [9.17, 15) is 4.39 Å². The predicted molar refractivity (Wildman–Crippen MR) is 46.2 cm³/mol. The number of alkyl halides is 1. The van der Waals surface area contributed by atoms with Crippen molar-refractivity contribution in [3.63, 3.8) is 0 Å². The van der Waals surface area contributed by atoms with Crippen molar-refractivity contribution >= 4 is 0 Å². The largest absolute Gasteiger partial charge is 0.243 e. The maximum absolute atomic E-state index is 12.9. The van der Waals surface area contributed by atoms with Crippen LogP contribution in [0.2, 0.25) is 0 Å². The van der Waals surface area contributed by atoms with Crippen molar-refractivity contribution in [3.8, 4) is 0 Å². The van der Waals surface area contributed by atoms with Crippen LogP contribution in [0, 0.1) is 0 Å². The van der Waals surface area contributed by atoms with E-state index < -0.39 is 6.17 Å². The predicted octanol–water partition coefficient (Wildman–Crippen LogP) is 3.18. The third kappa shape index (κ3) is 2.04. The van der Waals surface area contributed by atoms with E-state index in [1.54, 1.807) is 6.92 Å². The first-order valence-corrected chi connectivity index (χ1v) is 3.88. The summed E-state index contributed by atoms with van der Waals surface area (Å²) in [5.74, 6) is 0. The monoisotopic (exact) mass is 152 g/mol. The molecule has 0 N–H and O–H groups in total. The molecule has 1 rings (SSSR count). The van der Waals surface area contributed by atoms with Crippen LogP contribution in [0.5, 0.6) is 0 Å². The van der Waals surface area contributed by atoms with Gasteiger partial charge < -0.3 is 0 Å². The smallest absolute Gasteiger partial charge is 0.119 e. The topological polar surface area (TPSA) is 0 Å². The number of hydrogen-bond acceptors (Lipinski definition) is 0. The van der Waals surface area contributed by atoms with E-state index in [4.69, 9.17) is 0 Å². The summed E-state index contributed by atoms with van der Waals surface area (Å²) in [6, 6.07) is 0. The number of allylic oxidation sites excluding steroid dienone is 6. The average molecular weight is 152 g/mol. The standard InChI is InChI=1S/C10H13F/c1-8-6-4-3-5-7-10(8)9(2)11/h3-6,9H,7H2,1-2H3. The Labute approximate surface area is 67.1 Å². The van der Waals surface area contributed by atoms with Gasteiger partial charge in [0.2, 0.25) is 0 Å². The molecule has 1 aliphatic rings. The summed E-state index contributed by atoms with van der Waals surface area (Å²) in [6.07, 6.45) is 7.77. The fraction of sp³-hybridized carbons (Fsp3) is 0.400. The third-order valence-electron chi connectivity index (χ3n) is 1.92. The molecule has 11 heavy (non-hydrogen) atoms. The summed E-state index contributed by atoms with van der Waals surface area (Å²) in [7, 11) is 0. The molecule has 0 nitrogen and oxygen atoms in total. The van der Waals surface area contributed by atoms with E-state index in [0.29, 0.717) is 0 Å². The molecule has 0 spiro atoms. The molecule has 1 atom stereocenters. The minimum Gasteiger partial charge on any atom is -0.243 e. The van der Waals surface area contributed by atoms with Crippen LogP contribution in [0.4, 0.5) is 4.39 Å². The molecule has 0 amide bonds. The zero-order chi connectivity index (χ0) is 8.27. The van der Waals surface area contributed by atoms with Gasteiger partial charge in [-0.25, -0.2) is 4.39 Å². The van der Waals surface area contributed by atoms with E-state index in [1.807, 2.05) is 31.2 Å². The van der Waals surface area contributed by atoms with Gasteiger partial charge in [0.1, 0.15) is 6.17 Å². The van der Waals surface area contributed by atoms with Crippen LogP contribution in [0.25, 0.3) is 0 Å². The van der Waals surface area contributed by atoms with Crippen molar-refractivity contribution in [2.24, 2.45) is 0 Å². The van der Waals surface area contributed by atoms with Crippen molar-refractivity contribution in [1.82, 2.24) is 0 Å². The fourth-order valence-corrected chi connectivity index (χ4v) is 1.22. The van der Waals surface area contributed by atoms with Gasteiger partial charge in [-0.2, -0.15) is 0 Å². The molecule has 0 radical (unpaired) electrons. The maximum Gasteiger partial charge on any atom is 0.119 e. The zero-order valence-corrected chi connectivity index (χ0v) is 6.97. The Morgan fingerprint density at radius 3 is 2.82 bits per heavy atom. The van der Waals surface area contributed by atoms with E-state index in [2.05, 4.69) is 0 Å². The Bertz CT molecular complexity index is 219. The lowest BCUT2D eigenvalue weighted by molar-refractivity contribution is 0.405. The van der Waals surface area contributed by atoms with Gasteiger partial charge in [0.25, 0.3) is 0 Å². The summed E-state index contributed by atoms with van der Waals surface area (Å²) in [5, 5.41) is 0. The second-order valence-corrected chi connectivity index (χ2v) is 2.82. The van der Waals surface area contributed by atoms with Crippen LogP contribution in [-0.4, -0.2) is 6.17 Å². The van der Waals surface area contributed by atoms with Gasteiger partial charge in [0.05, 0.1) is 0 Å². The van der Waals surface area contributed by atoms with Gasteiger partial charge in [-0.3, -0.25) is 0 Å². The summed E-state index contributed by atoms with van der Waals surface area (Å²) < 4.78 is 12.9. The number of rotatable bonds is 1. The second-order valence-electron chi connectivity index (χ2n) is 2.82. The van der Waals surface area contributed by atoms with Crippen LogP contribution < -0.4 is 0 Å². The Balaban J connectivity index is 2.89. The van der Waals surface area contributed by atoms with E-state index in [0.717, 1.165) is 17.6 Å². The van der Waals surface area contributed by atoms with Crippen LogP contribution in [0.1, 0.15) is 20.3 Å². The van der Waals surface area contributed by atoms with Crippen molar-refractivity contribution < 1.29 is 4.39 Å². The molecule has 0 aromatic carbocycles. The highest BCUT2D eigenvalue weighted by Gasteiger charge is 2.08. The van der Waals surface area contributed by atoms with E-state index >= 15 is 0 Å². The molecule has 0 saturated heterocycles. The molecule has 0 aliphatic heterocycles. The Kier molecular flexibility index (Phi) is 2.64. The molecule has 1 aliphatic carbocycles. The molecule has 1 heteroatoms. The Morgan fingerprint density at radius 2 is 2.18 bits per heavy atom. The summed E-state index contributed by atoms with van der Waals surface area (Å²) >= 11 is 0. The van der Waals surface area contributed by atoms with E-state index in [1.165, 1.54) is 0 Å². The van der Waals surface area contributed by atoms with Gasteiger partial charge in [-0.05, 0) is 31.4 Å². The minimum absolute atomic E-state index is 0.747. The van der Waals surface area contributed by atoms with Crippen molar-refractivity contribution in [3.05, 3.63) is 35.5 Å². The van der Waals surface area contributed by atoms with Crippen LogP contribution in [0.3, 0.4) is 0 Å². The normalized spacial score (nSPS) is 20.3. The van der Waals surface area contributed by atoms with Gasteiger partial charge in [0, 0.05) is 0 Å². The first-order chi connectivity index (χ1) is 5.22. The molecule has 0 aromatic rings. The van der Waals surface area contributed by atoms with Crippen LogP contribution >= 0.6 is 0 Å². The molecular weight excluding hydrogens is 139 g/mol. The number of halogens is 1. The quantitative estimate of drug-likeness (QED) is 0.541. The first kappa shape index (κ1) is 8.25. The highest BCUT2D eigenvalue weighted by molar-refractivity contribution is 5.32. The summed E-state index contributed by atoms with van der Waals surface area (Å²) in [6.45, 7) is 3.54. The van der Waals surface area contributed by atoms with Crippen molar-refractivity contribution in [2.45, 2.75) is 26.4 Å². The first-order valence-electron chi connectivity index (χ1n) is 3.88. The molecule has 0 heterocycles. The maximum atomic E-state index is 12.9. The Morgan fingerprint density at radius 1 is 1.45 bits per heavy atom. The summed E-state index contributed by atoms with van der Waals surface area (Å²) in [4.78, 5) is 0. The van der Waals surface area contributed by atoms with Crippen LogP contribution in [0.15, 0.2) is 35.5 Å². The van der Waals surface area contributed by atoms with Crippen molar-refractivity contribution in [2.75, 3.05) is 0 Å². The lowest BCUT2D eigenvalue weighted by atomic mass is 10.0.